The molecular formula is C14H23ClN4O2. The van der Waals surface area contributed by atoms with Gasteiger partial charge in [0.15, 0.2) is 0 Å². The number of aromatic nitrogens is 2. The Morgan fingerprint density at radius 1 is 1.62 bits per heavy atom. The highest BCUT2D eigenvalue weighted by molar-refractivity contribution is 6.33. The van der Waals surface area contributed by atoms with Gasteiger partial charge in [0, 0.05) is 26.2 Å². The van der Waals surface area contributed by atoms with Crippen molar-refractivity contribution in [2.45, 2.75) is 32.4 Å². The maximum absolute atomic E-state index is 12.3. The molecular weight excluding hydrogens is 292 g/mol. The SMILES string of the molecule is CCCN(c1cnn(CCOC)c(=O)c1Cl)C1CCNC1. The maximum Gasteiger partial charge on any atom is 0.287 e. The van der Waals surface area contributed by atoms with Crippen LogP contribution in [0.4, 0.5) is 5.69 Å². The highest BCUT2D eigenvalue weighted by Crippen LogP contribution is 2.25. The zero-order valence-corrected chi connectivity index (χ0v) is 13.4. The smallest absolute Gasteiger partial charge is 0.287 e. The zero-order valence-electron chi connectivity index (χ0n) is 12.6. The van der Waals surface area contributed by atoms with Crippen molar-refractivity contribution in [1.82, 2.24) is 15.1 Å². The van der Waals surface area contributed by atoms with Crippen molar-refractivity contribution in [3.8, 4) is 0 Å². The van der Waals surface area contributed by atoms with Gasteiger partial charge in [-0.15, -0.1) is 0 Å². The number of ether oxygens (including phenoxy) is 1. The summed E-state index contributed by atoms with van der Waals surface area (Å²) in [4.78, 5) is 14.5. The summed E-state index contributed by atoms with van der Waals surface area (Å²) in [5, 5.41) is 7.83. The van der Waals surface area contributed by atoms with E-state index in [1.807, 2.05) is 0 Å². The Morgan fingerprint density at radius 3 is 3.05 bits per heavy atom. The maximum atomic E-state index is 12.3. The molecule has 0 aliphatic carbocycles. The lowest BCUT2D eigenvalue weighted by molar-refractivity contribution is 0.182. The average molecular weight is 315 g/mol. The summed E-state index contributed by atoms with van der Waals surface area (Å²) >= 11 is 6.31. The Bertz CT molecular complexity index is 514. The van der Waals surface area contributed by atoms with Crippen LogP contribution in [0.2, 0.25) is 5.02 Å². The standard InChI is InChI=1S/C14H23ClN4O2/c1-3-6-18(11-4-5-16-9-11)12-10-17-19(7-8-21-2)14(20)13(12)15/h10-11,16H,3-9H2,1-2H3. The van der Waals surface area contributed by atoms with Crippen molar-refractivity contribution >= 4 is 17.3 Å². The van der Waals surface area contributed by atoms with Crippen molar-refractivity contribution in [3.05, 3.63) is 21.6 Å². The normalized spacial score (nSPS) is 18.1. The molecule has 1 N–H and O–H groups in total. The molecule has 1 aliphatic rings. The number of hydrogen-bond donors (Lipinski definition) is 1. The number of hydrogen-bond acceptors (Lipinski definition) is 5. The molecule has 1 atom stereocenters. The molecule has 1 aromatic rings. The summed E-state index contributed by atoms with van der Waals surface area (Å²) in [6.45, 7) is 5.76. The summed E-state index contributed by atoms with van der Waals surface area (Å²) < 4.78 is 6.33. The number of nitrogens with zero attached hydrogens (tertiary/aromatic N) is 3. The number of anilines is 1. The molecule has 1 aliphatic heterocycles. The second-order valence-corrected chi connectivity index (χ2v) is 5.58. The number of rotatable bonds is 7. The minimum Gasteiger partial charge on any atom is -0.383 e. The molecule has 1 unspecified atom stereocenters. The first-order valence-electron chi connectivity index (χ1n) is 7.41. The van der Waals surface area contributed by atoms with Crippen LogP contribution in [-0.2, 0) is 11.3 Å². The lowest BCUT2D eigenvalue weighted by Gasteiger charge is -2.30. The molecule has 118 valence electrons. The van der Waals surface area contributed by atoms with Gasteiger partial charge in [0.05, 0.1) is 25.0 Å². The molecule has 0 saturated carbocycles. The van der Waals surface area contributed by atoms with Gasteiger partial charge in [-0.1, -0.05) is 18.5 Å². The van der Waals surface area contributed by atoms with Gasteiger partial charge in [-0.2, -0.15) is 5.10 Å². The molecule has 0 amide bonds. The van der Waals surface area contributed by atoms with Gasteiger partial charge in [0.25, 0.3) is 5.56 Å². The van der Waals surface area contributed by atoms with E-state index in [1.54, 1.807) is 13.3 Å². The predicted octanol–water partition coefficient (Wildman–Crippen LogP) is 1.12. The minimum absolute atomic E-state index is 0.251. The Hall–Kier alpha value is -1.11. The van der Waals surface area contributed by atoms with Crippen molar-refractivity contribution < 1.29 is 4.74 Å². The van der Waals surface area contributed by atoms with E-state index >= 15 is 0 Å². The fourth-order valence-electron chi connectivity index (χ4n) is 2.64. The molecule has 1 aromatic heterocycles. The first-order valence-corrected chi connectivity index (χ1v) is 7.78. The fourth-order valence-corrected chi connectivity index (χ4v) is 2.89. The first-order chi connectivity index (χ1) is 10.2. The Morgan fingerprint density at radius 2 is 2.43 bits per heavy atom. The van der Waals surface area contributed by atoms with E-state index < -0.39 is 0 Å². The van der Waals surface area contributed by atoms with E-state index in [2.05, 4.69) is 22.2 Å². The molecule has 6 nitrogen and oxygen atoms in total. The van der Waals surface area contributed by atoms with Gasteiger partial charge < -0.3 is 15.0 Å². The van der Waals surface area contributed by atoms with Crippen molar-refractivity contribution in [2.75, 3.05) is 38.3 Å². The van der Waals surface area contributed by atoms with Crippen molar-refractivity contribution in [1.29, 1.82) is 0 Å². The average Bonchev–Trinajstić information content (AvgIpc) is 3.01. The van der Waals surface area contributed by atoms with Crippen LogP contribution in [0.3, 0.4) is 0 Å². The molecule has 0 radical (unpaired) electrons. The van der Waals surface area contributed by atoms with Gasteiger partial charge in [-0.3, -0.25) is 4.79 Å². The second-order valence-electron chi connectivity index (χ2n) is 5.20. The summed E-state index contributed by atoms with van der Waals surface area (Å²) in [7, 11) is 1.59. The van der Waals surface area contributed by atoms with Crippen molar-refractivity contribution in [3.63, 3.8) is 0 Å². The summed E-state index contributed by atoms with van der Waals surface area (Å²) in [6, 6.07) is 0.374. The Balaban J connectivity index is 2.28. The van der Waals surface area contributed by atoms with E-state index in [0.29, 0.717) is 19.2 Å². The molecule has 7 heteroatoms. The summed E-state index contributed by atoms with van der Waals surface area (Å²) in [6.07, 6.45) is 3.76. The number of halogens is 1. The fraction of sp³-hybridized carbons (Fsp3) is 0.714. The third-order valence-electron chi connectivity index (χ3n) is 3.72. The highest BCUT2D eigenvalue weighted by atomic mass is 35.5. The zero-order chi connectivity index (χ0) is 15.2. The van der Waals surface area contributed by atoms with E-state index in [1.165, 1.54) is 4.68 Å². The van der Waals surface area contributed by atoms with E-state index in [4.69, 9.17) is 16.3 Å². The number of nitrogens with one attached hydrogen (secondary N) is 1. The summed E-state index contributed by atoms with van der Waals surface area (Å²) in [5.41, 5.74) is 0.490. The van der Waals surface area contributed by atoms with Crippen LogP contribution in [-0.4, -0.2) is 49.2 Å². The molecule has 0 spiro atoms. The molecule has 1 saturated heterocycles. The highest BCUT2D eigenvalue weighted by Gasteiger charge is 2.25. The molecule has 2 heterocycles. The Labute approximate surface area is 130 Å². The molecule has 1 fully saturated rings. The largest absolute Gasteiger partial charge is 0.383 e. The Kier molecular flexibility index (Phi) is 6.02. The van der Waals surface area contributed by atoms with Crippen LogP contribution in [0.15, 0.2) is 11.0 Å². The molecule has 21 heavy (non-hydrogen) atoms. The quantitative estimate of drug-likeness (QED) is 0.817. The van der Waals surface area contributed by atoms with Crippen molar-refractivity contribution in [2.24, 2.45) is 0 Å². The van der Waals surface area contributed by atoms with Crippen LogP contribution < -0.4 is 15.8 Å². The predicted molar refractivity (Wildman–Crippen MR) is 84.3 cm³/mol. The summed E-state index contributed by atoms with van der Waals surface area (Å²) in [5.74, 6) is 0. The van der Waals surface area contributed by atoms with Gasteiger partial charge >= 0.3 is 0 Å². The second kappa shape index (κ2) is 7.77. The molecule has 0 aromatic carbocycles. The van der Waals surface area contributed by atoms with E-state index in [0.717, 1.165) is 38.2 Å². The molecule has 2 rings (SSSR count). The lowest BCUT2D eigenvalue weighted by Crippen LogP contribution is -2.39. The van der Waals surface area contributed by atoms with Gasteiger partial charge in [-0.25, -0.2) is 4.68 Å². The molecule has 0 bridgehead atoms. The third-order valence-corrected chi connectivity index (χ3v) is 4.08. The lowest BCUT2D eigenvalue weighted by atomic mass is 10.2. The minimum atomic E-state index is -0.252. The van der Waals surface area contributed by atoms with Crippen LogP contribution in [0.25, 0.3) is 0 Å². The van der Waals surface area contributed by atoms with Crippen LogP contribution >= 0.6 is 11.6 Å². The third kappa shape index (κ3) is 3.75. The van der Waals surface area contributed by atoms with Gasteiger partial charge in [0.2, 0.25) is 0 Å². The number of methoxy groups -OCH3 is 1. The topological polar surface area (TPSA) is 59.4 Å². The van der Waals surface area contributed by atoms with E-state index in [9.17, 15) is 4.79 Å². The van der Waals surface area contributed by atoms with Gasteiger partial charge in [0.1, 0.15) is 5.02 Å². The first kappa shape index (κ1) is 16.3. The monoisotopic (exact) mass is 314 g/mol. The van der Waals surface area contributed by atoms with E-state index in [-0.39, 0.29) is 10.6 Å². The van der Waals surface area contributed by atoms with Crippen LogP contribution in [0, 0.1) is 0 Å². The van der Waals surface area contributed by atoms with Gasteiger partial charge in [-0.05, 0) is 19.4 Å². The van der Waals surface area contributed by atoms with Crippen LogP contribution in [0.1, 0.15) is 19.8 Å². The van der Waals surface area contributed by atoms with Crippen LogP contribution in [0.5, 0.6) is 0 Å².